The number of anilines is 1. The number of nitrogens with one attached hydrogen (secondary N) is 2. The molecule has 0 radical (unpaired) electrons. The number of amides is 2. The van der Waals surface area contributed by atoms with E-state index in [-0.39, 0.29) is 29.2 Å². The predicted molar refractivity (Wildman–Crippen MR) is 130 cm³/mol. The van der Waals surface area contributed by atoms with Crippen molar-refractivity contribution in [3.8, 4) is 11.3 Å². The maximum atomic E-state index is 12.5. The van der Waals surface area contributed by atoms with Crippen LogP contribution in [-0.2, 0) is 22.6 Å². The first-order valence-electron chi connectivity index (χ1n) is 10.7. The van der Waals surface area contributed by atoms with E-state index < -0.39 is 16.6 Å². The zero-order chi connectivity index (χ0) is 24.9. The van der Waals surface area contributed by atoms with Crippen LogP contribution in [-0.4, -0.2) is 32.8 Å². The summed E-state index contributed by atoms with van der Waals surface area (Å²) in [7, 11) is 0. The maximum Gasteiger partial charge on any atom is 0.420 e. The van der Waals surface area contributed by atoms with Crippen molar-refractivity contribution >= 4 is 45.1 Å². The van der Waals surface area contributed by atoms with Gasteiger partial charge in [0.05, 0.1) is 22.2 Å². The number of carbonyl (C=O) groups is 2. The summed E-state index contributed by atoms with van der Waals surface area (Å²) in [6.07, 6.45) is 1.69. The second kappa shape index (κ2) is 10.3. The van der Waals surface area contributed by atoms with Crippen LogP contribution >= 0.6 is 11.3 Å². The molecule has 4 aromatic rings. The molecule has 11 nitrogen and oxygen atoms in total. The van der Waals surface area contributed by atoms with Crippen LogP contribution in [0, 0.1) is 10.1 Å². The average molecular weight is 496 g/mol. The molecule has 2 aromatic carbocycles. The van der Waals surface area contributed by atoms with E-state index in [1.165, 1.54) is 30.4 Å². The van der Waals surface area contributed by atoms with Gasteiger partial charge in [0.2, 0.25) is 11.8 Å². The van der Waals surface area contributed by atoms with Crippen molar-refractivity contribution in [1.82, 2.24) is 14.9 Å². The standard InChI is InChI=1S/C23H21N5O6S/c1-14(29)24-10-2-3-15-4-6-16(7-5-15)18-13-35-22(25-18)26-21(30)12-27-19-9-8-17(28(32)33)11-20(19)34-23(27)31/h4-9,11,13H,2-3,10,12H2,1H3,(H,24,29)(H,25,26,30). The molecule has 0 bridgehead atoms. The van der Waals surface area contributed by atoms with Crippen molar-refractivity contribution in [1.29, 1.82) is 0 Å². The Labute approximate surface area is 202 Å². The van der Waals surface area contributed by atoms with Crippen molar-refractivity contribution in [2.24, 2.45) is 0 Å². The number of non-ortho nitro benzene ring substituents is 1. The molecule has 4 rings (SSSR count). The van der Waals surface area contributed by atoms with Crippen molar-refractivity contribution in [3.63, 3.8) is 0 Å². The molecular formula is C23H21N5O6S. The molecule has 0 saturated heterocycles. The lowest BCUT2D eigenvalue weighted by Gasteiger charge is -2.04. The number of thiazole rings is 1. The molecule has 0 fully saturated rings. The summed E-state index contributed by atoms with van der Waals surface area (Å²) in [4.78, 5) is 50.4. The van der Waals surface area contributed by atoms with E-state index in [4.69, 9.17) is 4.42 Å². The van der Waals surface area contributed by atoms with Gasteiger partial charge in [-0.3, -0.25) is 24.3 Å². The van der Waals surface area contributed by atoms with Gasteiger partial charge in [0.15, 0.2) is 10.7 Å². The summed E-state index contributed by atoms with van der Waals surface area (Å²) < 4.78 is 6.15. The van der Waals surface area contributed by atoms with Gasteiger partial charge in [-0.2, -0.15) is 0 Å². The van der Waals surface area contributed by atoms with Gasteiger partial charge < -0.3 is 15.1 Å². The summed E-state index contributed by atoms with van der Waals surface area (Å²) in [5.41, 5.74) is 2.85. The Kier molecular flexibility index (Phi) is 7.01. The molecule has 0 aliphatic rings. The fourth-order valence-corrected chi connectivity index (χ4v) is 4.22. The third kappa shape index (κ3) is 5.79. The van der Waals surface area contributed by atoms with Gasteiger partial charge in [0, 0.05) is 30.5 Å². The first-order valence-corrected chi connectivity index (χ1v) is 11.5. The Bertz CT molecular complexity index is 1450. The van der Waals surface area contributed by atoms with E-state index in [0.29, 0.717) is 17.4 Å². The molecule has 0 aliphatic heterocycles. The molecule has 180 valence electrons. The molecule has 12 heteroatoms. The van der Waals surface area contributed by atoms with Gasteiger partial charge in [-0.25, -0.2) is 9.78 Å². The second-order valence-electron chi connectivity index (χ2n) is 7.73. The van der Waals surface area contributed by atoms with E-state index in [1.807, 2.05) is 29.6 Å². The molecule has 0 unspecified atom stereocenters. The zero-order valence-electron chi connectivity index (χ0n) is 18.6. The number of nitro groups is 1. The van der Waals surface area contributed by atoms with Gasteiger partial charge in [-0.1, -0.05) is 24.3 Å². The average Bonchev–Trinajstić information content (AvgIpc) is 3.40. The molecule has 0 saturated carbocycles. The molecule has 2 amide bonds. The third-order valence-electron chi connectivity index (χ3n) is 5.18. The minimum atomic E-state index is -0.785. The third-order valence-corrected chi connectivity index (χ3v) is 5.94. The van der Waals surface area contributed by atoms with Crippen molar-refractivity contribution < 1.29 is 18.9 Å². The van der Waals surface area contributed by atoms with Crippen molar-refractivity contribution in [3.05, 3.63) is 74.1 Å². The highest BCUT2D eigenvalue weighted by Gasteiger charge is 2.17. The Morgan fingerprint density at radius 1 is 1.20 bits per heavy atom. The number of hydrogen-bond donors (Lipinski definition) is 2. The van der Waals surface area contributed by atoms with E-state index in [2.05, 4.69) is 15.6 Å². The zero-order valence-corrected chi connectivity index (χ0v) is 19.5. The number of nitrogens with zero attached hydrogens (tertiary/aromatic N) is 3. The number of carbonyl (C=O) groups excluding carboxylic acids is 2. The minimum absolute atomic E-state index is 0.0343. The largest absolute Gasteiger partial charge is 0.420 e. The number of aromatic nitrogens is 2. The van der Waals surface area contributed by atoms with E-state index >= 15 is 0 Å². The monoisotopic (exact) mass is 495 g/mol. The van der Waals surface area contributed by atoms with Crippen LogP contribution in [0.15, 0.2) is 57.1 Å². The summed E-state index contributed by atoms with van der Waals surface area (Å²) in [5, 5.41) is 18.5. The number of aryl methyl sites for hydroxylation is 1. The molecule has 0 aliphatic carbocycles. The summed E-state index contributed by atoms with van der Waals surface area (Å²) in [6, 6.07) is 11.7. The fourth-order valence-electron chi connectivity index (χ4n) is 3.48. The van der Waals surface area contributed by atoms with Gasteiger partial charge in [-0.15, -0.1) is 11.3 Å². The summed E-state index contributed by atoms with van der Waals surface area (Å²) in [5.74, 6) is -1.31. The van der Waals surface area contributed by atoms with Gasteiger partial charge >= 0.3 is 5.76 Å². The Morgan fingerprint density at radius 3 is 2.69 bits per heavy atom. The molecule has 2 heterocycles. The Balaban J connectivity index is 1.38. The lowest BCUT2D eigenvalue weighted by Crippen LogP contribution is -2.24. The lowest BCUT2D eigenvalue weighted by atomic mass is 10.1. The van der Waals surface area contributed by atoms with Crippen LogP contribution in [0.2, 0.25) is 0 Å². The normalized spacial score (nSPS) is 10.9. The quantitative estimate of drug-likeness (QED) is 0.205. The van der Waals surface area contributed by atoms with Gasteiger partial charge in [0.1, 0.15) is 6.54 Å². The highest BCUT2D eigenvalue weighted by Crippen LogP contribution is 2.26. The topological polar surface area (TPSA) is 149 Å². The van der Waals surface area contributed by atoms with Crippen LogP contribution in [0.1, 0.15) is 18.9 Å². The van der Waals surface area contributed by atoms with Crippen molar-refractivity contribution in [2.75, 3.05) is 11.9 Å². The molecule has 35 heavy (non-hydrogen) atoms. The maximum absolute atomic E-state index is 12.5. The SMILES string of the molecule is CC(=O)NCCCc1ccc(-c2csc(NC(=O)Cn3c(=O)oc4cc([N+](=O)[O-])ccc43)n2)cc1. The Morgan fingerprint density at radius 2 is 1.97 bits per heavy atom. The number of nitro benzene ring substituents is 1. The van der Waals surface area contributed by atoms with Crippen LogP contribution in [0.4, 0.5) is 10.8 Å². The second-order valence-corrected chi connectivity index (χ2v) is 8.59. The highest BCUT2D eigenvalue weighted by atomic mass is 32.1. The van der Waals surface area contributed by atoms with Gasteiger partial charge in [-0.05, 0) is 24.5 Å². The molecule has 0 spiro atoms. The van der Waals surface area contributed by atoms with Gasteiger partial charge in [0.25, 0.3) is 5.69 Å². The fraction of sp³-hybridized carbons (Fsp3) is 0.217. The number of hydrogen-bond acceptors (Lipinski definition) is 8. The summed E-state index contributed by atoms with van der Waals surface area (Å²) in [6.45, 7) is 1.80. The van der Waals surface area contributed by atoms with Crippen LogP contribution < -0.4 is 16.4 Å². The Hall–Kier alpha value is -4.32. The van der Waals surface area contributed by atoms with Crippen molar-refractivity contribution in [2.45, 2.75) is 26.3 Å². The first-order chi connectivity index (χ1) is 16.8. The van der Waals surface area contributed by atoms with Crippen LogP contribution in [0.3, 0.4) is 0 Å². The summed E-state index contributed by atoms with van der Waals surface area (Å²) >= 11 is 1.25. The highest BCUT2D eigenvalue weighted by molar-refractivity contribution is 7.14. The molecule has 2 N–H and O–H groups in total. The van der Waals surface area contributed by atoms with E-state index in [1.54, 1.807) is 0 Å². The molecule has 2 aromatic heterocycles. The van der Waals surface area contributed by atoms with E-state index in [9.17, 15) is 24.5 Å². The smallest absolute Gasteiger partial charge is 0.407 e. The number of fused-ring (bicyclic) bond motifs is 1. The number of oxazole rings is 1. The first kappa shape index (κ1) is 23.8. The predicted octanol–water partition coefficient (Wildman–Crippen LogP) is 3.33. The number of rotatable bonds is 9. The van der Waals surface area contributed by atoms with E-state index in [0.717, 1.165) is 34.6 Å². The lowest BCUT2D eigenvalue weighted by molar-refractivity contribution is -0.384. The van der Waals surface area contributed by atoms with Crippen LogP contribution in [0.5, 0.6) is 0 Å². The molecule has 0 atom stereocenters. The van der Waals surface area contributed by atoms with Crippen LogP contribution in [0.25, 0.3) is 22.4 Å². The molecular weight excluding hydrogens is 474 g/mol. The number of benzene rings is 2. The minimum Gasteiger partial charge on any atom is -0.407 e.